The second kappa shape index (κ2) is 15.1. The number of hydrogen-bond donors (Lipinski definition) is 3. The van der Waals surface area contributed by atoms with Crippen molar-refractivity contribution in [2.45, 2.75) is 38.5 Å². The van der Waals surface area contributed by atoms with Crippen LogP contribution in [0.5, 0.6) is 11.5 Å². The van der Waals surface area contributed by atoms with E-state index in [9.17, 15) is 28.6 Å². The third-order valence-electron chi connectivity index (χ3n) is 6.78. The highest BCUT2D eigenvalue weighted by Crippen LogP contribution is 2.44. The lowest BCUT2D eigenvalue weighted by Crippen LogP contribution is -2.04. The summed E-state index contributed by atoms with van der Waals surface area (Å²) in [4.78, 5) is 57.3. The highest BCUT2D eigenvalue weighted by molar-refractivity contribution is 7.48. The summed E-state index contributed by atoms with van der Waals surface area (Å²) in [6.07, 6.45) is 0.775. The molecule has 3 N–H and O–H groups in total. The van der Waals surface area contributed by atoms with Gasteiger partial charge in [0, 0.05) is 24.0 Å². The van der Waals surface area contributed by atoms with Crippen molar-refractivity contribution in [2.75, 3.05) is 0 Å². The quantitative estimate of drug-likeness (QED) is 0.0969. The van der Waals surface area contributed by atoms with Crippen LogP contribution in [-0.4, -0.2) is 38.6 Å². The number of Topliss-reactive ketones (excluding diaryl/α,β-unsaturated/α-hetero) is 2. The maximum Gasteiger partial charge on any atom is 0.584 e. The first-order valence-electron chi connectivity index (χ1n) is 14.0. The van der Waals surface area contributed by atoms with Crippen molar-refractivity contribution >= 4 is 31.3 Å². The summed E-state index contributed by atoms with van der Waals surface area (Å²) in [6.45, 7) is 0. The fraction of sp³-hybridized carbons (Fsp3) is 0.176. The number of rotatable bonds is 16. The zero-order valence-electron chi connectivity index (χ0n) is 24.1. The number of hydrogen-bond acceptors (Lipinski definition) is 7. The highest BCUT2D eigenvalue weighted by Gasteiger charge is 2.25. The number of aryl methyl sites for hydroxylation is 2. The van der Waals surface area contributed by atoms with Crippen molar-refractivity contribution in [1.82, 2.24) is 0 Å². The number of phosphoric acid groups is 1. The second-order valence-electron chi connectivity index (χ2n) is 10.3. The normalized spacial score (nSPS) is 11.0. The van der Waals surface area contributed by atoms with Crippen molar-refractivity contribution in [2.24, 2.45) is 0 Å². The van der Waals surface area contributed by atoms with Crippen molar-refractivity contribution in [3.63, 3.8) is 0 Å². The number of aliphatic carboxylic acids is 2. The average Bonchev–Trinajstić information content (AvgIpc) is 2.99. The lowest BCUT2D eigenvalue weighted by molar-refractivity contribution is -0.137. The van der Waals surface area contributed by atoms with Crippen LogP contribution in [0.3, 0.4) is 0 Å². The monoisotopic (exact) mass is 630 g/mol. The van der Waals surface area contributed by atoms with E-state index < -0.39 is 19.8 Å². The van der Waals surface area contributed by atoms with Crippen molar-refractivity contribution in [3.8, 4) is 11.5 Å². The minimum atomic E-state index is -4.60. The van der Waals surface area contributed by atoms with Gasteiger partial charge < -0.3 is 19.3 Å². The molecule has 10 nitrogen and oxygen atoms in total. The average molecular weight is 631 g/mol. The molecule has 0 unspecified atom stereocenters. The molecule has 0 aromatic heterocycles. The van der Waals surface area contributed by atoms with E-state index in [4.69, 9.17) is 19.3 Å². The number of phosphoric ester groups is 1. The Balaban J connectivity index is 1.29. The van der Waals surface area contributed by atoms with Crippen LogP contribution in [0.2, 0.25) is 0 Å². The molecular weight excluding hydrogens is 599 g/mol. The van der Waals surface area contributed by atoms with Crippen LogP contribution < -0.4 is 9.05 Å². The molecule has 232 valence electrons. The molecule has 0 saturated carbocycles. The number of carboxylic acids is 2. The van der Waals surface area contributed by atoms with Gasteiger partial charge in [0.1, 0.15) is 11.5 Å². The number of carbonyl (C=O) groups excluding carboxylic acids is 2. The Morgan fingerprint density at radius 3 is 1.29 bits per heavy atom. The molecule has 0 bridgehead atoms. The Hall–Kier alpha value is -5.05. The molecule has 0 heterocycles. The summed E-state index contributed by atoms with van der Waals surface area (Å²) in [6, 6.07) is 25.7. The minimum absolute atomic E-state index is 0.0833. The number of carbonyl (C=O) groups is 4. The van der Waals surface area contributed by atoms with E-state index in [1.807, 2.05) is 0 Å². The standard InChI is InChI=1S/C34H31O10P/c35-31(27-13-7-25(8-14-27)21-33(37)38)17-11-23-3-1-5-29(19-23)43-45(41,42)44-30-6-2-4-24(20-30)12-18-32(36)28-15-9-26(10-16-28)22-34(39)40/h1-10,13-16,19-20H,11-12,17-18,21-22H2,(H,37,38)(H,39,40)(H,41,42). The topological polar surface area (TPSA) is 164 Å². The summed E-state index contributed by atoms with van der Waals surface area (Å²) >= 11 is 0. The maximum absolute atomic E-state index is 12.8. The first-order chi connectivity index (χ1) is 21.5. The maximum atomic E-state index is 12.8. The molecule has 0 aliphatic carbocycles. The van der Waals surface area contributed by atoms with Gasteiger partial charge in [0.05, 0.1) is 12.8 Å². The highest BCUT2D eigenvalue weighted by atomic mass is 31.2. The van der Waals surface area contributed by atoms with Crippen LogP contribution in [0.4, 0.5) is 0 Å². The van der Waals surface area contributed by atoms with Crippen LogP contribution >= 0.6 is 7.82 Å². The van der Waals surface area contributed by atoms with Crippen molar-refractivity contribution in [1.29, 1.82) is 0 Å². The number of ketones is 2. The Morgan fingerprint density at radius 2 is 0.933 bits per heavy atom. The zero-order valence-corrected chi connectivity index (χ0v) is 25.0. The summed E-state index contributed by atoms with van der Waals surface area (Å²) in [7, 11) is -4.60. The molecule has 0 spiro atoms. The minimum Gasteiger partial charge on any atom is -0.481 e. The van der Waals surface area contributed by atoms with Crippen molar-refractivity contribution < 1.29 is 47.9 Å². The van der Waals surface area contributed by atoms with E-state index in [2.05, 4.69) is 0 Å². The van der Waals surface area contributed by atoms with Gasteiger partial charge in [-0.25, -0.2) is 4.57 Å². The fourth-order valence-corrected chi connectivity index (χ4v) is 5.37. The summed E-state index contributed by atoms with van der Waals surface area (Å²) in [5.74, 6) is -2.00. The Kier molecular flexibility index (Phi) is 11.0. The van der Waals surface area contributed by atoms with Crippen molar-refractivity contribution in [3.05, 3.63) is 130 Å². The molecule has 0 atom stereocenters. The predicted molar refractivity (Wildman–Crippen MR) is 165 cm³/mol. The molecule has 0 radical (unpaired) electrons. The van der Waals surface area contributed by atoms with Gasteiger partial charge in [-0.05, 0) is 59.4 Å². The first kappa shape index (κ1) is 32.9. The molecule has 0 aliphatic heterocycles. The second-order valence-corrected chi connectivity index (χ2v) is 11.6. The van der Waals surface area contributed by atoms with E-state index in [1.165, 1.54) is 12.1 Å². The molecule has 0 saturated heterocycles. The molecule has 11 heteroatoms. The largest absolute Gasteiger partial charge is 0.584 e. The van der Waals surface area contributed by atoms with Gasteiger partial charge in [-0.2, -0.15) is 0 Å². The Morgan fingerprint density at radius 1 is 0.556 bits per heavy atom. The third-order valence-corrected chi connectivity index (χ3v) is 7.67. The molecule has 4 aromatic rings. The van der Waals surface area contributed by atoms with Gasteiger partial charge in [-0.15, -0.1) is 0 Å². The summed E-state index contributed by atoms with van der Waals surface area (Å²) in [5, 5.41) is 17.8. The van der Waals surface area contributed by atoms with Gasteiger partial charge >= 0.3 is 19.8 Å². The fourth-order valence-electron chi connectivity index (χ4n) is 4.57. The molecule has 0 fully saturated rings. The van der Waals surface area contributed by atoms with Gasteiger partial charge in [-0.3, -0.25) is 24.1 Å². The third kappa shape index (κ3) is 10.6. The van der Waals surface area contributed by atoms with Gasteiger partial charge in [-0.1, -0.05) is 72.8 Å². The van der Waals surface area contributed by atoms with Crippen LogP contribution in [0, 0.1) is 0 Å². The summed E-state index contributed by atoms with van der Waals surface area (Å²) in [5.41, 5.74) is 3.52. The molecule has 0 aliphatic rings. The van der Waals surface area contributed by atoms with E-state index in [0.717, 1.165) is 0 Å². The SMILES string of the molecule is O=C(O)Cc1ccc(C(=O)CCc2cccc(OP(=O)(O)Oc3cccc(CCC(=O)c4ccc(CC(=O)O)cc4)c3)c2)cc1. The first-order valence-corrected chi connectivity index (χ1v) is 15.5. The number of benzene rings is 4. The van der Waals surface area contributed by atoms with E-state index in [-0.39, 0.29) is 48.7 Å². The van der Waals surface area contributed by atoms with E-state index >= 15 is 0 Å². The Labute approximate surface area is 259 Å². The van der Waals surface area contributed by atoms with E-state index in [0.29, 0.717) is 46.2 Å². The van der Waals surface area contributed by atoms with Gasteiger partial charge in [0.15, 0.2) is 11.6 Å². The predicted octanol–water partition coefficient (Wildman–Crippen LogP) is 6.13. The van der Waals surface area contributed by atoms with Crippen LogP contribution in [-0.2, 0) is 39.8 Å². The molecule has 0 amide bonds. The lowest BCUT2D eigenvalue weighted by Gasteiger charge is -2.15. The zero-order chi connectivity index (χ0) is 32.4. The number of carboxylic acid groups (broad SMARTS) is 2. The smallest absolute Gasteiger partial charge is 0.481 e. The lowest BCUT2D eigenvalue weighted by atomic mass is 10.0. The van der Waals surface area contributed by atoms with Gasteiger partial charge in [0.25, 0.3) is 0 Å². The molecule has 45 heavy (non-hydrogen) atoms. The van der Waals surface area contributed by atoms with Gasteiger partial charge in [0.2, 0.25) is 0 Å². The molecule has 4 rings (SSSR count). The molecular formula is C34H31O10P. The van der Waals surface area contributed by atoms with Crippen LogP contribution in [0.1, 0.15) is 55.8 Å². The summed E-state index contributed by atoms with van der Waals surface area (Å²) < 4.78 is 23.4. The van der Waals surface area contributed by atoms with Crippen LogP contribution in [0.15, 0.2) is 97.1 Å². The van der Waals surface area contributed by atoms with Crippen LogP contribution in [0.25, 0.3) is 0 Å². The molecule has 4 aromatic carbocycles. The van der Waals surface area contributed by atoms with E-state index in [1.54, 1.807) is 84.9 Å². The Bertz CT molecular complexity index is 1600.